The number of benzene rings is 1. The predicted molar refractivity (Wildman–Crippen MR) is 67.8 cm³/mol. The van der Waals surface area contributed by atoms with E-state index in [0.717, 1.165) is 0 Å². The van der Waals surface area contributed by atoms with E-state index in [1.54, 1.807) is 12.1 Å². The Balaban J connectivity index is 2.36. The zero-order valence-electron chi connectivity index (χ0n) is 9.80. The first-order chi connectivity index (χ1) is 8.61. The van der Waals surface area contributed by atoms with Gasteiger partial charge in [0.1, 0.15) is 5.82 Å². The van der Waals surface area contributed by atoms with E-state index < -0.39 is 5.82 Å². The normalized spacial score (nSPS) is 10.1. The molecule has 0 aliphatic rings. The van der Waals surface area contributed by atoms with E-state index in [0.29, 0.717) is 5.56 Å². The number of nitrogen functional groups attached to an aromatic ring is 1. The lowest BCUT2D eigenvalue weighted by Gasteiger charge is -2.18. The highest BCUT2D eigenvalue weighted by Crippen LogP contribution is 2.20. The molecule has 4 nitrogen and oxygen atoms in total. The zero-order valence-corrected chi connectivity index (χ0v) is 9.80. The summed E-state index contributed by atoms with van der Waals surface area (Å²) in [6, 6.07) is 7.57. The summed E-state index contributed by atoms with van der Waals surface area (Å²) >= 11 is 0. The Morgan fingerprint density at radius 3 is 2.72 bits per heavy atom. The van der Waals surface area contributed by atoms with Gasteiger partial charge in [-0.15, -0.1) is 0 Å². The molecule has 0 aliphatic carbocycles. The number of para-hydroxylation sites is 1. The van der Waals surface area contributed by atoms with E-state index in [2.05, 4.69) is 4.98 Å². The van der Waals surface area contributed by atoms with Crippen LogP contribution in [-0.4, -0.2) is 17.9 Å². The van der Waals surface area contributed by atoms with Crippen LogP contribution >= 0.6 is 0 Å². The third-order valence-corrected chi connectivity index (χ3v) is 2.60. The summed E-state index contributed by atoms with van der Waals surface area (Å²) in [4.78, 5) is 17.2. The lowest BCUT2D eigenvalue weighted by Crippen LogP contribution is -2.27. The van der Waals surface area contributed by atoms with Crippen molar-refractivity contribution in [1.82, 2.24) is 4.98 Å². The van der Waals surface area contributed by atoms with Gasteiger partial charge < -0.3 is 10.6 Å². The monoisotopic (exact) mass is 245 g/mol. The van der Waals surface area contributed by atoms with Crippen molar-refractivity contribution in [1.29, 1.82) is 0 Å². The Hall–Kier alpha value is -2.43. The van der Waals surface area contributed by atoms with Gasteiger partial charge in [0, 0.05) is 13.2 Å². The topological polar surface area (TPSA) is 59.2 Å². The second-order valence-corrected chi connectivity index (χ2v) is 3.78. The fourth-order valence-electron chi connectivity index (χ4n) is 1.62. The fraction of sp³-hybridized carbons (Fsp3) is 0.0769. The molecular weight excluding hydrogens is 233 g/mol. The number of nitrogens with zero attached hydrogens (tertiary/aromatic N) is 2. The zero-order chi connectivity index (χ0) is 13.1. The average molecular weight is 245 g/mol. The highest BCUT2D eigenvalue weighted by molar-refractivity contribution is 6.08. The van der Waals surface area contributed by atoms with Gasteiger partial charge in [0.25, 0.3) is 5.91 Å². The van der Waals surface area contributed by atoms with Gasteiger partial charge in [-0.2, -0.15) is 0 Å². The number of hydrogen-bond donors (Lipinski definition) is 1. The van der Waals surface area contributed by atoms with Crippen molar-refractivity contribution in [2.24, 2.45) is 0 Å². The van der Waals surface area contributed by atoms with Crippen molar-refractivity contribution in [3.05, 3.63) is 54.1 Å². The second kappa shape index (κ2) is 4.83. The third kappa shape index (κ3) is 2.15. The molecule has 0 atom stereocenters. The van der Waals surface area contributed by atoms with Gasteiger partial charge in [-0.3, -0.25) is 9.78 Å². The van der Waals surface area contributed by atoms with Gasteiger partial charge in [-0.25, -0.2) is 4.39 Å². The lowest BCUT2D eigenvalue weighted by atomic mass is 10.2. The van der Waals surface area contributed by atoms with Crippen molar-refractivity contribution in [2.45, 2.75) is 0 Å². The van der Waals surface area contributed by atoms with Crippen molar-refractivity contribution in [3.8, 4) is 0 Å². The standard InChI is InChI=1S/C13H12FN3O/c1-17(12-5-3-2-4-10(12)14)13(18)9-6-7-16-8-11(9)15/h2-8H,15H2,1H3. The minimum Gasteiger partial charge on any atom is -0.397 e. The summed E-state index contributed by atoms with van der Waals surface area (Å²) in [7, 11) is 1.50. The molecule has 0 radical (unpaired) electrons. The molecule has 2 aromatic rings. The minimum absolute atomic E-state index is 0.207. The largest absolute Gasteiger partial charge is 0.397 e. The number of hydrogen-bond acceptors (Lipinski definition) is 3. The van der Waals surface area contributed by atoms with Gasteiger partial charge in [-0.05, 0) is 18.2 Å². The van der Waals surface area contributed by atoms with Crippen LogP contribution in [0.5, 0.6) is 0 Å². The third-order valence-electron chi connectivity index (χ3n) is 2.60. The SMILES string of the molecule is CN(C(=O)c1ccncc1N)c1ccccc1F. The quantitative estimate of drug-likeness (QED) is 0.881. The maximum absolute atomic E-state index is 13.6. The van der Waals surface area contributed by atoms with Crippen LogP contribution in [0, 0.1) is 5.82 Å². The van der Waals surface area contributed by atoms with Gasteiger partial charge in [-0.1, -0.05) is 12.1 Å². The molecule has 5 heteroatoms. The summed E-state index contributed by atoms with van der Waals surface area (Å²) in [5, 5.41) is 0. The van der Waals surface area contributed by atoms with Gasteiger partial charge in [0.2, 0.25) is 0 Å². The van der Waals surface area contributed by atoms with Crippen LogP contribution in [0.3, 0.4) is 0 Å². The number of anilines is 2. The molecule has 0 bridgehead atoms. The van der Waals surface area contributed by atoms with Gasteiger partial charge in [0.15, 0.2) is 0 Å². The van der Waals surface area contributed by atoms with E-state index in [-0.39, 0.29) is 17.3 Å². The molecule has 1 heterocycles. The van der Waals surface area contributed by atoms with Crippen LogP contribution in [0.4, 0.5) is 15.8 Å². The molecule has 1 aromatic carbocycles. The van der Waals surface area contributed by atoms with E-state index in [9.17, 15) is 9.18 Å². The first-order valence-electron chi connectivity index (χ1n) is 5.33. The number of pyridine rings is 1. The molecule has 18 heavy (non-hydrogen) atoms. The highest BCUT2D eigenvalue weighted by atomic mass is 19.1. The number of halogens is 1. The van der Waals surface area contributed by atoms with Crippen molar-refractivity contribution < 1.29 is 9.18 Å². The van der Waals surface area contributed by atoms with Crippen molar-refractivity contribution in [3.63, 3.8) is 0 Å². The summed E-state index contributed by atoms with van der Waals surface area (Å²) in [5.41, 5.74) is 6.45. The molecule has 2 rings (SSSR count). The van der Waals surface area contributed by atoms with E-state index >= 15 is 0 Å². The fourth-order valence-corrected chi connectivity index (χ4v) is 1.62. The van der Waals surface area contributed by atoms with Crippen molar-refractivity contribution in [2.75, 3.05) is 17.7 Å². The Kier molecular flexibility index (Phi) is 3.23. The van der Waals surface area contributed by atoms with E-state index in [4.69, 9.17) is 5.73 Å². The Bertz CT molecular complexity index is 586. The first kappa shape index (κ1) is 12.0. The number of aromatic nitrogens is 1. The van der Waals surface area contributed by atoms with Crippen molar-refractivity contribution >= 4 is 17.3 Å². The van der Waals surface area contributed by atoms with Crippen LogP contribution in [-0.2, 0) is 0 Å². The molecule has 1 aromatic heterocycles. The summed E-state index contributed by atoms with van der Waals surface area (Å²) in [6.45, 7) is 0. The summed E-state index contributed by atoms with van der Waals surface area (Å²) in [6.07, 6.45) is 2.86. The predicted octanol–water partition coefficient (Wildman–Crippen LogP) is 2.08. The van der Waals surface area contributed by atoms with E-state index in [1.165, 1.54) is 42.5 Å². The van der Waals surface area contributed by atoms with Gasteiger partial charge >= 0.3 is 0 Å². The highest BCUT2D eigenvalue weighted by Gasteiger charge is 2.18. The molecule has 92 valence electrons. The average Bonchev–Trinajstić information content (AvgIpc) is 2.38. The molecule has 0 saturated carbocycles. The Morgan fingerprint density at radius 1 is 1.33 bits per heavy atom. The number of amides is 1. The van der Waals surface area contributed by atoms with Crippen LogP contribution in [0.1, 0.15) is 10.4 Å². The van der Waals surface area contributed by atoms with Gasteiger partial charge in [0.05, 0.1) is 23.1 Å². The second-order valence-electron chi connectivity index (χ2n) is 3.78. The first-order valence-corrected chi connectivity index (χ1v) is 5.33. The van der Waals surface area contributed by atoms with Crippen LogP contribution in [0.2, 0.25) is 0 Å². The Morgan fingerprint density at radius 2 is 2.06 bits per heavy atom. The molecule has 2 N–H and O–H groups in total. The van der Waals surface area contributed by atoms with Crippen LogP contribution in [0.15, 0.2) is 42.7 Å². The van der Waals surface area contributed by atoms with Crippen LogP contribution in [0.25, 0.3) is 0 Å². The Labute approximate surface area is 104 Å². The minimum atomic E-state index is -0.457. The molecule has 1 amide bonds. The lowest BCUT2D eigenvalue weighted by molar-refractivity contribution is 0.0993. The summed E-state index contributed by atoms with van der Waals surface area (Å²) in [5.74, 6) is -0.832. The number of rotatable bonds is 2. The summed E-state index contributed by atoms with van der Waals surface area (Å²) < 4.78 is 13.6. The number of carbonyl (C=O) groups excluding carboxylic acids is 1. The molecule has 0 spiro atoms. The van der Waals surface area contributed by atoms with Crippen LogP contribution < -0.4 is 10.6 Å². The van der Waals surface area contributed by atoms with E-state index in [1.807, 2.05) is 0 Å². The molecule has 0 saturated heterocycles. The number of nitrogens with two attached hydrogens (primary N) is 1. The number of carbonyl (C=O) groups is 1. The smallest absolute Gasteiger partial charge is 0.260 e. The molecule has 0 unspecified atom stereocenters. The molecular formula is C13H12FN3O. The molecule has 0 aliphatic heterocycles. The maximum atomic E-state index is 13.6. The molecule has 0 fully saturated rings. The maximum Gasteiger partial charge on any atom is 0.260 e.